The highest BCUT2D eigenvalue weighted by Crippen LogP contribution is 2.19. The Kier molecular flexibility index (Phi) is 2.15. The van der Waals surface area contributed by atoms with Crippen molar-refractivity contribution in [2.24, 2.45) is 5.73 Å². The van der Waals surface area contributed by atoms with Crippen LogP contribution in [0.15, 0.2) is 16.7 Å². The zero-order chi connectivity index (χ0) is 8.27. The zero-order valence-corrected chi connectivity index (χ0v) is 6.16. The Morgan fingerprint density at radius 3 is 3.09 bits per heavy atom. The molecule has 1 heterocycles. The maximum absolute atomic E-state index is 10.3. The molecule has 4 heteroatoms. The second kappa shape index (κ2) is 3.09. The van der Waals surface area contributed by atoms with Crippen molar-refractivity contribution in [3.05, 3.63) is 17.9 Å². The number of carbonyl (C=O) groups is 1. The molecule has 1 amide bonds. The average Bonchev–Trinajstić information content (AvgIpc) is 2.34. The first-order chi connectivity index (χ1) is 5.24. The number of nitrogens with two attached hydrogens (primary N) is 1. The van der Waals surface area contributed by atoms with Gasteiger partial charge >= 0.3 is 6.09 Å². The summed E-state index contributed by atoms with van der Waals surface area (Å²) in [5.41, 5.74) is 5.62. The number of ether oxygens (including phenoxy) is 1. The fourth-order valence-electron chi connectivity index (χ4n) is 0.765. The number of amides is 1. The lowest BCUT2D eigenvalue weighted by Crippen LogP contribution is -2.16. The Hall–Kier alpha value is -1.45. The molecular formula is C7H9NO3. The van der Waals surface area contributed by atoms with Crippen LogP contribution in [0.25, 0.3) is 0 Å². The summed E-state index contributed by atoms with van der Waals surface area (Å²) in [5, 5.41) is 0. The van der Waals surface area contributed by atoms with Gasteiger partial charge in [-0.05, 0) is 12.5 Å². The topological polar surface area (TPSA) is 65.5 Å². The fraction of sp³-hybridized carbons (Fsp3) is 0.286. The number of rotatable bonds is 2. The third-order valence-corrected chi connectivity index (χ3v) is 1.28. The summed E-state index contributed by atoms with van der Waals surface area (Å²) in [6.45, 7) is 1.93. The monoisotopic (exact) mass is 155 g/mol. The van der Waals surface area contributed by atoms with E-state index < -0.39 is 6.09 Å². The van der Waals surface area contributed by atoms with Gasteiger partial charge in [0.15, 0.2) is 0 Å². The van der Waals surface area contributed by atoms with Gasteiger partial charge in [0.25, 0.3) is 5.95 Å². The van der Waals surface area contributed by atoms with Crippen molar-refractivity contribution < 1.29 is 13.9 Å². The van der Waals surface area contributed by atoms with Crippen molar-refractivity contribution >= 4 is 6.09 Å². The van der Waals surface area contributed by atoms with Crippen molar-refractivity contribution in [3.63, 3.8) is 0 Å². The van der Waals surface area contributed by atoms with E-state index in [2.05, 4.69) is 4.74 Å². The first-order valence-corrected chi connectivity index (χ1v) is 3.27. The molecule has 0 saturated heterocycles. The number of primary amides is 1. The molecule has 0 radical (unpaired) electrons. The van der Waals surface area contributed by atoms with Crippen molar-refractivity contribution in [3.8, 4) is 5.95 Å². The first-order valence-electron chi connectivity index (χ1n) is 3.27. The highest BCUT2D eigenvalue weighted by molar-refractivity contribution is 5.67. The predicted molar refractivity (Wildman–Crippen MR) is 38.3 cm³/mol. The molecule has 0 spiro atoms. The van der Waals surface area contributed by atoms with Gasteiger partial charge in [-0.3, -0.25) is 0 Å². The van der Waals surface area contributed by atoms with E-state index in [1.54, 1.807) is 6.07 Å². The van der Waals surface area contributed by atoms with Gasteiger partial charge in [-0.1, -0.05) is 6.92 Å². The van der Waals surface area contributed by atoms with E-state index in [1.807, 2.05) is 6.92 Å². The number of aryl methyl sites for hydroxylation is 1. The Morgan fingerprint density at radius 2 is 2.55 bits per heavy atom. The largest absolute Gasteiger partial charge is 0.434 e. The molecule has 1 aromatic rings. The van der Waals surface area contributed by atoms with Gasteiger partial charge in [0.1, 0.15) is 0 Å². The van der Waals surface area contributed by atoms with Gasteiger partial charge in [-0.15, -0.1) is 0 Å². The zero-order valence-electron chi connectivity index (χ0n) is 6.16. The Labute approximate surface area is 63.9 Å². The van der Waals surface area contributed by atoms with E-state index in [0.717, 1.165) is 12.0 Å². The molecule has 0 saturated carbocycles. The van der Waals surface area contributed by atoms with Gasteiger partial charge in [0, 0.05) is 5.56 Å². The molecule has 2 N–H and O–H groups in total. The van der Waals surface area contributed by atoms with E-state index in [-0.39, 0.29) is 5.95 Å². The van der Waals surface area contributed by atoms with Crippen LogP contribution in [0.4, 0.5) is 4.79 Å². The minimum Gasteiger partial charge on any atom is -0.434 e. The summed E-state index contributed by atoms with van der Waals surface area (Å²) >= 11 is 0. The molecule has 4 nitrogen and oxygen atoms in total. The molecule has 0 aromatic carbocycles. The van der Waals surface area contributed by atoms with Crippen LogP contribution >= 0.6 is 0 Å². The molecule has 0 atom stereocenters. The summed E-state index contributed by atoms with van der Waals surface area (Å²) in [6.07, 6.45) is 1.35. The minimum absolute atomic E-state index is 0.194. The number of carbonyl (C=O) groups excluding carboxylic acids is 1. The van der Waals surface area contributed by atoms with Crippen molar-refractivity contribution in [1.29, 1.82) is 0 Å². The van der Waals surface area contributed by atoms with Gasteiger partial charge in [0.05, 0.1) is 6.26 Å². The predicted octanol–water partition coefficient (Wildman–Crippen LogP) is 1.30. The second-order valence-corrected chi connectivity index (χ2v) is 2.01. The summed E-state index contributed by atoms with van der Waals surface area (Å²) in [7, 11) is 0. The maximum Gasteiger partial charge on any atom is 0.412 e. The molecule has 0 bridgehead atoms. The summed E-state index contributed by atoms with van der Waals surface area (Å²) in [5.74, 6) is 0.194. The molecule has 1 aromatic heterocycles. The van der Waals surface area contributed by atoms with Gasteiger partial charge in [-0.25, -0.2) is 4.79 Å². The molecule has 0 unspecified atom stereocenters. The standard InChI is InChI=1S/C7H9NO3/c1-2-5-3-4-10-6(5)11-7(8)9/h3-4H,2H2,1H3,(H2,8,9). The summed E-state index contributed by atoms with van der Waals surface area (Å²) < 4.78 is 9.39. The van der Waals surface area contributed by atoms with Crippen LogP contribution in [0.1, 0.15) is 12.5 Å². The number of hydrogen-bond donors (Lipinski definition) is 1. The molecule has 11 heavy (non-hydrogen) atoms. The van der Waals surface area contributed by atoms with Crippen LogP contribution in [-0.2, 0) is 6.42 Å². The molecule has 0 aliphatic heterocycles. The summed E-state index contributed by atoms with van der Waals surface area (Å²) in [4.78, 5) is 10.3. The van der Waals surface area contributed by atoms with E-state index in [1.165, 1.54) is 6.26 Å². The minimum atomic E-state index is -0.852. The maximum atomic E-state index is 10.3. The Bertz CT molecular complexity index is 254. The van der Waals surface area contributed by atoms with E-state index >= 15 is 0 Å². The average molecular weight is 155 g/mol. The van der Waals surface area contributed by atoms with Gasteiger partial charge < -0.3 is 14.9 Å². The molecule has 0 aliphatic rings. The molecule has 1 rings (SSSR count). The lowest BCUT2D eigenvalue weighted by atomic mass is 10.3. The molecular weight excluding hydrogens is 146 g/mol. The molecule has 0 aliphatic carbocycles. The Morgan fingerprint density at radius 1 is 1.82 bits per heavy atom. The highest BCUT2D eigenvalue weighted by atomic mass is 16.6. The lowest BCUT2D eigenvalue weighted by molar-refractivity contribution is 0.197. The lowest BCUT2D eigenvalue weighted by Gasteiger charge is -1.96. The van der Waals surface area contributed by atoms with Gasteiger partial charge in [0.2, 0.25) is 0 Å². The first kappa shape index (κ1) is 7.65. The van der Waals surface area contributed by atoms with E-state index in [4.69, 9.17) is 10.2 Å². The number of furan rings is 1. The quantitative estimate of drug-likeness (QED) is 0.699. The van der Waals surface area contributed by atoms with Crippen molar-refractivity contribution in [1.82, 2.24) is 0 Å². The number of hydrogen-bond acceptors (Lipinski definition) is 3. The highest BCUT2D eigenvalue weighted by Gasteiger charge is 2.07. The van der Waals surface area contributed by atoms with Crippen LogP contribution in [0, 0.1) is 0 Å². The van der Waals surface area contributed by atoms with Gasteiger partial charge in [-0.2, -0.15) is 0 Å². The fourth-order valence-corrected chi connectivity index (χ4v) is 0.765. The second-order valence-electron chi connectivity index (χ2n) is 2.01. The van der Waals surface area contributed by atoms with Crippen molar-refractivity contribution in [2.75, 3.05) is 0 Å². The molecule has 0 fully saturated rings. The molecule has 60 valence electrons. The third-order valence-electron chi connectivity index (χ3n) is 1.28. The summed E-state index contributed by atoms with van der Waals surface area (Å²) in [6, 6.07) is 1.73. The van der Waals surface area contributed by atoms with Crippen LogP contribution in [0.2, 0.25) is 0 Å². The smallest absolute Gasteiger partial charge is 0.412 e. The van der Waals surface area contributed by atoms with Crippen LogP contribution in [-0.4, -0.2) is 6.09 Å². The Balaban J connectivity index is 2.76. The third kappa shape index (κ3) is 1.73. The van der Waals surface area contributed by atoms with Crippen molar-refractivity contribution in [2.45, 2.75) is 13.3 Å². The van der Waals surface area contributed by atoms with Crippen LogP contribution in [0.5, 0.6) is 5.95 Å². The normalized spacial score (nSPS) is 9.55. The van der Waals surface area contributed by atoms with E-state index in [0.29, 0.717) is 0 Å². The van der Waals surface area contributed by atoms with Crippen LogP contribution < -0.4 is 10.5 Å². The van der Waals surface area contributed by atoms with Crippen LogP contribution in [0.3, 0.4) is 0 Å². The SMILES string of the molecule is CCc1ccoc1OC(N)=O. The van der Waals surface area contributed by atoms with E-state index in [9.17, 15) is 4.79 Å².